The van der Waals surface area contributed by atoms with E-state index < -0.39 is 11.8 Å². The van der Waals surface area contributed by atoms with Gasteiger partial charge < -0.3 is 4.42 Å². The predicted molar refractivity (Wildman–Crippen MR) is 72.3 cm³/mol. The van der Waals surface area contributed by atoms with Crippen molar-refractivity contribution in [2.24, 2.45) is 0 Å². The van der Waals surface area contributed by atoms with E-state index in [0.29, 0.717) is 11.3 Å². The van der Waals surface area contributed by atoms with Crippen molar-refractivity contribution in [2.45, 2.75) is 6.92 Å². The summed E-state index contributed by atoms with van der Waals surface area (Å²) in [7, 11) is 0. The predicted octanol–water partition coefficient (Wildman–Crippen LogP) is 1.46. The fourth-order valence-corrected chi connectivity index (χ4v) is 1.49. The number of hydrogen-bond donors (Lipinski definition) is 2. The van der Waals surface area contributed by atoms with Crippen LogP contribution in [0.1, 0.15) is 21.7 Å². The van der Waals surface area contributed by atoms with Crippen LogP contribution in [0.2, 0.25) is 0 Å². The molecule has 2 amide bonds. The third-order valence-corrected chi connectivity index (χ3v) is 2.51. The van der Waals surface area contributed by atoms with Gasteiger partial charge in [-0.2, -0.15) is 0 Å². The highest BCUT2D eigenvalue weighted by atomic mass is 16.3. The fourth-order valence-electron chi connectivity index (χ4n) is 1.49. The maximum absolute atomic E-state index is 11.7. The number of carbonyl (C=O) groups excluding carboxylic acids is 2. The van der Waals surface area contributed by atoms with Gasteiger partial charge in [0.1, 0.15) is 5.76 Å². The van der Waals surface area contributed by atoms with E-state index >= 15 is 0 Å². The van der Waals surface area contributed by atoms with E-state index in [1.165, 1.54) is 18.4 Å². The normalized spacial score (nSPS) is 10.4. The van der Waals surface area contributed by atoms with Gasteiger partial charge in [0.2, 0.25) is 0 Å². The molecule has 6 heteroatoms. The minimum Gasteiger partial charge on any atom is -0.469 e. The number of hydrogen-bond acceptors (Lipinski definition) is 4. The van der Waals surface area contributed by atoms with Gasteiger partial charge in [0.05, 0.1) is 11.8 Å². The first-order valence-electron chi connectivity index (χ1n) is 5.89. The van der Waals surface area contributed by atoms with Crippen LogP contribution in [0.25, 0.3) is 6.08 Å². The molecule has 0 fully saturated rings. The first-order chi connectivity index (χ1) is 9.66. The van der Waals surface area contributed by atoms with Crippen LogP contribution in [0.4, 0.5) is 0 Å². The van der Waals surface area contributed by atoms with Crippen LogP contribution in [0.3, 0.4) is 0 Å². The molecule has 0 atom stereocenters. The zero-order valence-corrected chi connectivity index (χ0v) is 10.8. The van der Waals surface area contributed by atoms with E-state index in [0.717, 1.165) is 5.56 Å². The van der Waals surface area contributed by atoms with Crippen molar-refractivity contribution < 1.29 is 14.0 Å². The van der Waals surface area contributed by atoms with Gasteiger partial charge in [0.15, 0.2) is 0 Å². The molecular weight excluding hydrogens is 258 g/mol. The Kier molecular flexibility index (Phi) is 4.28. The van der Waals surface area contributed by atoms with Crippen molar-refractivity contribution in [1.82, 2.24) is 15.8 Å². The second kappa shape index (κ2) is 6.33. The number of nitrogens with one attached hydrogen (secondary N) is 2. The lowest BCUT2D eigenvalue weighted by Crippen LogP contribution is -2.40. The highest BCUT2D eigenvalue weighted by molar-refractivity contribution is 5.98. The van der Waals surface area contributed by atoms with E-state index in [-0.39, 0.29) is 0 Å². The molecule has 2 aromatic heterocycles. The standard InChI is InChI=1S/C14H13N3O3/c1-10-12(6-8-20-10)14(19)17-16-13(18)5-4-11-3-2-7-15-9-11/h2-9H,1H3,(H,16,18)(H,17,19)/b5-4+. The highest BCUT2D eigenvalue weighted by Crippen LogP contribution is 2.07. The lowest BCUT2D eigenvalue weighted by atomic mass is 10.2. The molecule has 6 nitrogen and oxygen atoms in total. The van der Waals surface area contributed by atoms with Gasteiger partial charge in [-0.3, -0.25) is 25.4 Å². The number of hydrazine groups is 1. The first kappa shape index (κ1) is 13.5. The summed E-state index contributed by atoms with van der Waals surface area (Å²) in [6, 6.07) is 5.10. The van der Waals surface area contributed by atoms with Crippen molar-refractivity contribution in [1.29, 1.82) is 0 Å². The molecule has 2 heterocycles. The van der Waals surface area contributed by atoms with Crippen molar-refractivity contribution in [3.05, 3.63) is 59.8 Å². The fraction of sp³-hybridized carbons (Fsp3) is 0.0714. The van der Waals surface area contributed by atoms with Crippen LogP contribution >= 0.6 is 0 Å². The molecule has 20 heavy (non-hydrogen) atoms. The molecule has 2 N–H and O–H groups in total. The Labute approximate surface area is 115 Å². The Balaban J connectivity index is 1.85. The Morgan fingerprint density at radius 1 is 1.30 bits per heavy atom. The molecule has 0 aliphatic rings. The zero-order chi connectivity index (χ0) is 14.4. The lowest BCUT2D eigenvalue weighted by molar-refractivity contribution is -0.117. The zero-order valence-electron chi connectivity index (χ0n) is 10.8. The van der Waals surface area contributed by atoms with E-state index in [2.05, 4.69) is 15.8 Å². The van der Waals surface area contributed by atoms with Crippen LogP contribution in [0.5, 0.6) is 0 Å². The van der Waals surface area contributed by atoms with Gasteiger partial charge in [0.25, 0.3) is 11.8 Å². The number of aryl methyl sites for hydroxylation is 1. The monoisotopic (exact) mass is 271 g/mol. The second-order valence-corrected chi connectivity index (χ2v) is 3.95. The SMILES string of the molecule is Cc1occc1C(=O)NNC(=O)/C=C/c1cccnc1. The van der Waals surface area contributed by atoms with Crippen molar-refractivity contribution in [2.75, 3.05) is 0 Å². The Hall–Kier alpha value is -2.89. The minimum atomic E-state index is -0.441. The molecule has 0 aromatic carbocycles. The van der Waals surface area contributed by atoms with Crippen molar-refractivity contribution in [3.63, 3.8) is 0 Å². The summed E-state index contributed by atoms with van der Waals surface area (Å²) < 4.78 is 5.00. The van der Waals surface area contributed by atoms with Gasteiger partial charge in [-0.1, -0.05) is 6.07 Å². The molecule has 0 radical (unpaired) electrons. The Morgan fingerprint density at radius 2 is 2.15 bits per heavy atom. The third-order valence-electron chi connectivity index (χ3n) is 2.51. The van der Waals surface area contributed by atoms with Gasteiger partial charge in [0, 0.05) is 18.5 Å². The van der Waals surface area contributed by atoms with Crippen LogP contribution in [-0.2, 0) is 4.79 Å². The second-order valence-electron chi connectivity index (χ2n) is 3.95. The summed E-state index contributed by atoms with van der Waals surface area (Å²) in [4.78, 5) is 27.1. The van der Waals surface area contributed by atoms with Crippen molar-refractivity contribution in [3.8, 4) is 0 Å². The summed E-state index contributed by atoms with van der Waals surface area (Å²) >= 11 is 0. The molecule has 0 bridgehead atoms. The average Bonchev–Trinajstić information content (AvgIpc) is 2.90. The van der Waals surface area contributed by atoms with E-state index in [9.17, 15) is 9.59 Å². The molecule has 102 valence electrons. The van der Waals surface area contributed by atoms with Crippen LogP contribution in [0.15, 0.2) is 47.3 Å². The number of furan rings is 1. The maximum Gasteiger partial charge on any atom is 0.273 e. The highest BCUT2D eigenvalue weighted by Gasteiger charge is 2.11. The van der Waals surface area contributed by atoms with Gasteiger partial charge in [-0.15, -0.1) is 0 Å². The lowest BCUT2D eigenvalue weighted by Gasteiger charge is -2.03. The van der Waals surface area contributed by atoms with Gasteiger partial charge in [-0.25, -0.2) is 0 Å². The molecule has 2 aromatic rings. The molecular formula is C14H13N3O3. The maximum atomic E-state index is 11.7. The van der Waals surface area contributed by atoms with E-state index in [4.69, 9.17) is 4.42 Å². The summed E-state index contributed by atoms with van der Waals surface area (Å²) in [6.45, 7) is 1.67. The van der Waals surface area contributed by atoms with E-state index in [1.54, 1.807) is 31.5 Å². The molecule has 0 saturated heterocycles. The quantitative estimate of drug-likeness (QED) is 0.653. The molecule has 0 saturated carbocycles. The number of aromatic nitrogens is 1. The number of rotatable bonds is 3. The van der Waals surface area contributed by atoms with E-state index in [1.807, 2.05) is 6.07 Å². The summed E-state index contributed by atoms with van der Waals surface area (Å²) in [5, 5.41) is 0. The molecule has 0 spiro atoms. The smallest absolute Gasteiger partial charge is 0.273 e. The average molecular weight is 271 g/mol. The van der Waals surface area contributed by atoms with Gasteiger partial charge in [-0.05, 0) is 30.7 Å². The van der Waals surface area contributed by atoms with Crippen LogP contribution in [-0.4, -0.2) is 16.8 Å². The topological polar surface area (TPSA) is 84.2 Å². The number of pyridine rings is 1. The summed E-state index contributed by atoms with van der Waals surface area (Å²) in [5.41, 5.74) is 5.75. The molecule has 0 aliphatic carbocycles. The molecule has 0 aliphatic heterocycles. The molecule has 0 unspecified atom stereocenters. The van der Waals surface area contributed by atoms with Crippen LogP contribution in [0, 0.1) is 6.92 Å². The minimum absolute atomic E-state index is 0.376. The summed E-state index contributed by atoms with van der Waals surface area (Å²) in [5.74, 6) is -0.384. The van der Waals surface area contributed by atoms with Gasteiger partial charge >= 0.3 is 0 Å². The first-order valence-corrected chi connectivity index (χ1v) is 5.89. The summed E-state index contributed by atoms with van der Waals surface area (Å²) in [6.07, 6.45) is 7.58. The number of nitrogens with zero attached hydrogens (tertiary/aromatic N) is 1. The van der Waals surface area contributed by atoms with Crippen molar-refractivity contribution >= 4 is 17.9 Å². The third kappa shape index (κ3) is 3.55. The number of amides is 2. The Bertz CT molecular complexity index is 632. The largest absolute Gasteiger partial charge is 0.469 e. The Morgan fingerprint density at radius 3 is 2.80 bits per heavy atom. The van der Waals surface area contributed by atoms with Crippen LogP contribution < -0.4 is 10.9 Å². The molecule has 2 rings (SSSR count). The number of carbonyl (C=O) groups is 2.